The fourth-order valence-corrected chi connectivity index (χ4v) is 2.19. The first kappa shape index (κ1) is 14.9. The average Bonchev–Trinajstić information content (AvgIpc) is 2.43. The number of piperidine rings is 1. The molecular formula is C12H22N2O4. The lowest BCUT2D eigenvalue weighted by molar-refractivity contribution is -0.155. The zero-order chi connectivity index (χ0) is 13.5. The van der Waals surface area contributed by atoms with Crippen LogP contribution in [-0.4, -0.2) is 56.2 Å². The summed E-state index contributed by atoms with van der Waals surface area (Å²) in [5.41, 5.74) is 5.49. The van der Waals surface area contributed by atoms with Crippen molar-refractivity contribution in [2.24, 2.45) is 5.73 Å². The number of carbonyl (C=O) groups is 2. The summed E-state index contributed by atoms with van der Waals surface area (Å²) >= 11 is 0. The summed E-state index contributed by atoms with van der Waals surface area (Å²) in [4.78, 5) is 25.4. The maximum atomic E-state index is 12.1. The lowest BCUT2D eigenvalue weighted by atomic mass is 10.0. The number of methoxy groups -OCH3 is 2. The Labute approximate surface area is 107 Å². The van der Waals surface area contributed by atoms with Gasteiger partial charge in [-0.25, -0.2) is 4.79 Å². The summed E-state index contributed by atoms with van der Waals surface area (Å²) in [6.07, 6.45) is 2.44. The zero-order valence-electron chi connectivity index (χ0n) is 11.1. The van der Waals surface area contributed by atoms with E-state index < -0.39 is 6.04 Å². The van der Waals surface area contributed by atoms with Crippen molar-refractivity contribution in [2.75, 3.05) is 27.3 Å². The van der Waals surface area contributed by atoms with Crippen molar-refractivity contribution in [1.82, 2.24) is 4.90 Å². The number of carbonyl (C=O) groups excluding carboxylic acids is 2. The number of nitrogens with two attached hydrogens (primary N) is 1. The van der Waals surface area contributed by atoms with Gasteiger partial charge >= 0.3 is 5.97 Å². The maximum absolute atomic E-state index is 12.1. The molecule has 104 valence electrons. The summed E-state index contributed by atoms with van der Waals surface area (Å²) in [7, 11) is 2.87. The van der Waals surface area contributed by atoms with Crippen LogP contribution in [0.25, 0.3) is 0 Å². The van der Waals surface area contributed by atoms with Crippen LogP contribution in [0.3, 0.4) is 0 Å². The SMILES string of the molecule is COC(=O)C1CCCCN1C(=O)CC(CN)OC. The molecular weight excluding hydrogens is 236 g/mol. The van der Waals surface area contributed by atoms with E-state index >= 15 is 0 Å². The molecule has 1 saturated heterocycles. The van der Waals surface area contributed by atoms with E-state index in [4.69, 9.17) is 15.2 Å². The Bertz CT molecular complexity index is 292. The second-order valence-corrected chi connectivity index (χ2v) is 4.42. The molecule has 1 fully saturated rings. The molecule has 0 aromatic rings. The summed E-state index contributed by atoms with van der Waals surface area (Å²) in [6, 6.07) is -0.452. The second kappa shape index (κ2) is 7.33. The molecule has 0 aromatic heterocycles. The number of amides is 1. The van der Waals surface area contributed by atoms with Crippen LogP contribution >= 0.6 is 0 Å². The number of hydrogen-bond donors (Lipinski definition) is 1. The van der Waals surface area contributed by atoms with Gasteiger partial charge in [0, 0.05) is 20.2 Å². The molecule has 0 aliphatic carbocycles. The summed E-state index contributed by atoms with van der Waals surface area (Å²) < 4.78 is 9.83. The molecule has 2 atom stereocenters. The highest BCUT2D eigenvalue weighted by Gasteiger charge is 2.33. The summed E-state index contributed by atoms with van der Waals surface area (Å²) in [5, 5.41) is 0. The van der Waals surface area contributed by atoms with Crippen LogP contribution < -0.4 is 5.73 Å². The van der Waals surface area contributed by atoms with E-state index in [0.717, 1.165) is 12.8 Å². The van der Waals surface area contributed by atoms with Crippen molar-refractivity contribution in [3.63, 3.8) is 0 Å². The van der Waals surface area contributed by atoms with E-state index in [9.17, 15) is 9.59 Å². The first-order valence-electron chi connectivity index (χ1n) is 6.24. The molecule has 2 unspecified atom stereocenters. The molecule has 0 radical (unpaired) electrons. The number of nitrogens with zero attached hydrogens (tertiary/aromatic N) is 1. The topological polar surface area (TPSA) is 81.9 Å². The highest BCUT2D eigenvalue weighted by atomic mass is 16.5. The van der Waals surface area contributed by atoms with Crippen molar-refractivity contribution < 1.29 is 19.1 Å². The largest absolute Gasteiger partial charge is 0.467 e. The Balaban J connectivity index is 2.65. The minimum atomic E-state index is -0.452. The predicted molar refractivity (Wildman–Crippen MR) is 65.8 cm³/mol. The van der Waals surface area contributed by atoms with Crippen molar-refractivity contribution >= 4 is 11.9 Å². The zero-order valence-corrected chi connectivity index (χ0v) is 11.1. The van der Waals surface area contributed by atoms with Gasteiger partial charge in [0.15, 0.2) is 0 Å². The Morgan fingerprint density at radius 1 is 1.39 bits per heavy atom. The van der Waals surface area contributed by atoms with Gasteiger partial charge in [-0.3, -0.25) is 4.79 Å². The molecule has 1 aliphatic rings. The van der Waals surface area contributed by atoms with Gasteiger partial charge in [0.25, 0.3) is 0 Å². The van der Waals surface area contributed by atoms with Crippen LogP contribution in [0, 0.1) is 0 Å². The molecule has 0 aromatic carbocycles. The van der Waals surface area contributed by atoms with E-state index in [1.54, 1.807) is 4.90 Å². The standard InChI is InChI=1S/C12H22N2O4/c1-17-9(8-13)7-11(15)14-6-4-3-5-10(14)12(16)18-2/h9-10H,3-8,13H2,1-2H3. The fourth-order valence-electron chi connectivity index (χ4n) is 2.19. The quantitative estimate of drug-likeness (QED) is 0.697. The number of esters is 1. The van der Waals surface area contributed by atoms with Crippen LogP contribution in [0.2, 0.25) is 0 Å². The van der Waals surface area contributed by atoms with Crippen molar-refractivity contribution in [1.29, 1.82) is 0 Å². The molecule has 2 N–H and O–H groups in total. The van der Waals surface area contributed by atoms with Gasteiger partial charge in [0.05, 0.1) is 19.6 Å². The predicted octanol–water partition coefficient (Wildman–Crippen LogP) is -0.0957. The molecule has 1 rings (SSSR count). The van der Waals surface area contributed by atoms with Gasteiger partial charge in [-0.2, -0.15) is 0 Å². The van der Waals surface area contributed by atoms with Crippen LogP contribution in [0.15, 0.2) is 0 Å². The fraction of sp³-hybridized carbons (Fsp3) is 0.833. The molecule has 18 heavy (non-hydrogen) atoms. The van der Waals surface area contributed by atoms with Gasteiger partial charge in [-0.05, 0) is 19.3 Å². The van der Waals surface area contributed by atoms with Crippen LogP contribution in [0.5, 0.6) is 0 Å². The Morgan fingerprint density at radius 2 is 2.11 bits per heavy atom. The third kappa shape index (κ3) is 3.68. The first-order chi connectivity index (χ1) is 8.63. The normalized spacial score (nSPS) is 21.5. The van der Waals surface area contributed by atoms with Crippen LogP contribution in [-0.2, 0) is 19.1 Å². The molecule has 6 heteroatoms. The minimum Gasteiger partial charge on any atom is -0.467 e. The Hall–Kier alpha value is -1.14. The maximum Gasteiger partial charge on any atom is 0.328 e. The van der Waals surface area contributed by atoms with E-state index in [0.29, 0.717) is 19.5 Å². The lowest BCUT2D eigenvalue weighted by Gasteiger charge is -2.34. The van der Waals surface area contributed by atoms with Gasteiger partial charge in [-0.1, -0.05) is 0 Å². The molecule has 0 saturated carbocycles. The second-order valence-electron chi connectivity index (χ2n) is 4.42. The number of rotatable bonds is 5. The van der Waals surface area contributed by atoms with Crippen molar-refractivity contribution in [3.8, 4) is 0 Å². The number of likely N-dealkylation sites (tertiary alicyclic amines) is 1. The Kier molecular flexibility index (Phi) is 6.07. The van der Waals surface area contributed by atoms with E-state index in [2.05, 4.69) is 0 Å². The van der Waals surface area contributed by atoms with Gasteiger partial charge in [0.2, 0.25) is 5.91 Å². The molecule has 1 aliphatic heterocycles. The Morgan fingerprint density at radius 3 is 2.67 bits per heavy atom. The molecule has 0 bridgehead atoms. The first-order valence-corrected chi connectivity index (χ1v) is 6.24. The van der Waals surface area contributed by atoms with Gasteiger partial charge < -0.3 is 20.1 Å². The van der Waals surface area contributed by atoms with Gasteiger partial charge in [0.1, 0.15) is 6.04 Å². The monoisotopic (exact) mass is 258 g/mol. The molecule has 0 spiro atoms. The van der Waals surface area contributed by atoms with E-state index in [1.165, 1.54) is 14.2 Å². The van der Waals surface area contributed by atoms with Gasteiger partial charge in [-0.15, -0.1) is 0 Å². The van der Waals surface area contributed by atoms with Crippen LogP contribution in [0.4, 0.5) is 0 Å². The van der Waals surface area contributed by atoms with E-state index in [-0.39, 0.29) is 24.4 Å². The molecule has 6 nitrogen and oxygen atoms in total. The molecule has 1 amide bonds. The van der Waals surface area contributed by atoms with Crippen molar-refractivity contribution in [3.05, 3.63) is 0 Å². The van der Waals surface area contributed by atoms with E-state index in [1.807, 2.05) is 0 Å². The highest BCUT2D eigenvalue weighted by molar-refractivity contribution is 5.85. The summed E-state index contributed by atoms with van der Waals surface area (Å²) in [5.74, 6) is -0.438. The summed E-state index contributed by atoms with van der Waals surface area (Å²) in [6.45, 7) is 0.887. The number of ether oxygens (including phenoxy) is 2. The van der Waals surface area contributed by atoms with Crippen molar-refractivity contribution in [2.45, 2.75) is 37.8 Å². The number of hydrogen-bond acceptors (Lipinski definition) is 5. The third-order valence-corrected chi connectivity index (χ3v) is 3.29. The smallest absolute Gasteiger partial charge is 0.328 e. The minimum absolute atomic E-state index is 0.0950. The average molecular weight is 258 g/mol. The highest BCUT2D eigenvalue weighted by Crippen LogP contribution is 2.19. The van der Waals surface area contributed by atoms with Crippen LogP contribution in [0.1, 0.15) is 25.7 Å². The third-order valence-electron chi connectivity index (χ3n) is 3.29. The molecule has 1 heterocycles. The lowest BCUT2D eigenvalue weighted by Crippen LogP contribution is -2.49.